The third kappa shape index (κ3) is 4.33. The van der Waals surface area contributed by atoms with E-state index in [0.29, 0.717) is 16.1 Å². The maximum absolute atomic E-state index is 12.4. The van der Waals surface area contributed by atoms with E-state index in [-0.39, 0.29) is 11.4 Å². The largest absolute Gasteiger partial charge is 0.478 e. The van der Waals surface area contributed by atoms with Crippen LogP contribution in [0.5, 0.6) is 0 Å². The smallest absolute Gasteiger partial charge is 0.328 e. The molecule has 0 saturated carbocycles. The molecule has 0 saturated heterocycles. The molecule has 4 nitrogen and oxygen atoms in total. The Balaban J connectivity index is 3.04. The van der Waals surface area contributed by atoms with Crippen molar-refractivity contribution in [2.45, 2.75) is 32.7 Å². The van der Waals surface area contributed by atoms with Gasteiger partial charge >= 0.3 is 5.97 Å². The van der Waals surface area contributed by atoms with E-state index in [4.69, 9.17) is 16.7 Å². The zero-order valence-electron chi connectivity index (χ0n) is 12.7. The number of amides is 1. The van der Waals surface area contributed by atoms with E-state index in [1.807, 2.05) is 20.8 Å². The fourth-order valence-corrected chi connectivity index (χ4v) is 1.91. The Morgan fingerprint density at radius 3 is 2.48 bits per heavy atom. The number of benzene rings is 1. The molecule has 0 aromatic heterocycles. The molecule has 114 valence electrons. The number of aliphatic carboxylic acids is 1. The van der Waals surface area contributed by atoms with Crippen molar-refractivity contribution in [3.05, 3.63) is 40.4 Å². The molecule has 0 aliphatic carbocycles. The fraction of sp³-hybridized carbons (Fsp3) is 0.375. The topological polar surface area (TPSA) is 57.6 Å². The molecule has 1 aromatic rings. The molecule has 0 spiro atoms. The molecule has 0 fully saturated rings. The van der Waals surface area contributed by atoms with Crippen LogP contribution in [-0.2, 0) is 4.79 Å². The molecule has 0 aliphatic heterocycles. The minimum atomic E-state index is -1.05. The van der Waals surface area contributed by atoms with Crippen LogP contribution in [0.2, 0.25) is 5.02 Å². The van der Waals surface area contributed by atoms with Crippen molar-refractivity contribution in [2.24, 2.45) is 0 Å². The van der Waals surface area contributed by atoms with Crippen molar-refractivity contribution in [3.63, 3.8) is 0 Å². The van der Waals surface area contributed by atoms with E-state index >= 15 is 0 Å². The summed E-state index contributed by atoms with van der Waals surface area (Å²) < 4.78 is 0. The zero-order chi connectivity index (χ0) is 16.2. The van der Waals surface area contributed by atoms with Gasteiger partial charge in [-0.05, 0) is 44.0 Å². The molecule has 1 aromatic carbocycles. The first-order chi connectivity index (χ1) is 9.69. The molecular formula is C16H20ClNO3. The Kier molecular flexibility index (Phi) is 5.55. The molecule has 0 radical (unpaired) electrons. The number of hydrogen-bond donors (Lipinski definition) is 1. The number of carbonyl (C=O) groups excluding carboxylic acids is 1. The molecule has 1 N–H and O–H groups in total. The van der Waals surface area contributed by atoms with Crippen molar-refractivity contribution in [3.8, 4) is 0 Å². The molecule has 5 heteroatoms. The quantitative estimate of drug-likeness (QED) is 0.844. The van der Waals surface area contributed by atoms with Gasteiger partial charge in [-0.3, -0.25) is 4.79 Å². The van der Waals surface area contributed by atoms with Crippen LogP contribution in [-0.4, -0.2) is 34.5 Å². The number of nitrogens with zero attached hydrogens (tertiary/aromatic N) is 1. The van der Waals surface area contributed by atoms with Crippen LogP contribution in [0.3, 0.4) is 0 Å². The van der Waals surface area contributed by atoms with Crippen molar-refractivity contribution in [1.82, 2.24) is 4.90 Å². The minimum Gasteiger partial charge on any atom is -0.478 e. The lowest BCUT2D eigenvalue weighted by Crippen LogP contribution is -2.44. The highest BCUT2D eigenvalue weighted by atomic mass is 35.5. The number of hydrogen-bond acceptors (Lipinski definition) is 2. The second kappa shape index (κ2) is 6.76. The van der Waals surface area contributed by atoms with Crippen LogP contribution in [0.25, 0.3) is 6.08 Å². The summed E-state index contributed by atoms with van der Waals surface area (Å²) in [6, 6.07) is 4.85. The normalized spacial score (nSPS) is 11.7. The fourth-order valence-electron chi connectivity index (χ4n) is 1.66. The Morgan fingerprint density at radius 2 is 2.00 bits per heavy atom. The van der Waals surface area contributed by atoms with Gasteiger partial charge in [0.15, 0.2) is 0 Å². The standard InChI is InChI=1S/C16H20ClNO3/c1-5-16(2,3)18(4)15(21)12-7-6-11(13(17)10-12)8-9-14(19)20/h6-10H,5H2,1-4H3,(H,19,20)/b9-8+. The minimum absolute atomic E-state index is 0.113. The average Bonchev–Trinajstić information content (AvgIpc) is 2.44. The summed E-state index contributed by atoms with van der Waals surface area (Å²) in [6.07, 6.45) is 3.25. The lowest BCUT2D eigenvalue weighted by molar-refractivity contribution is -0.131. The van der Waals surface area contributed by atoms with Gasteiger partial charge in [-0.15, -0.1) is 0 Å². The summed E-state index contributed by atoms with van der Waals surface area (Å²) in [4.78, 5) is 24.6. The molecule has 0 atom stereocenters. The highest BCUT2D eigenvalue weighted by molar-refractivity contribution is 6.32. The predicted octanol–water partition coefficient (Wildman–Crippen LogP) is 3.70. The van der Waals surface area contributed by atoms with Gasteiger partial charge in [-0.2, -0.15) is 0 Å². The summed E-state index contributed by atoms with van der Waals surface area (Å²) in [6.45, 7) is 6.02. The van der Waals surface area contributed by atoms with Crippen molar-refractivity contribution in [1.29, 1.82) is 0 Å². The van der Waals surface area contributed by atoms with Crippen molar-refractivity contribution >= 4 is 29.6 Å². The molecule has 0 unspecified atom stereocenters. The van der Waals surface area contributed by atoms with Gasteiger partial charge in [0.1, 0.15) is 0 Å². The predicted molar refractivity (Wildman–Crippen MR) is 84.6 cm³/mol. The van der Waals surface area contributed by atoms with Gasteiger partial charge in [0.2, 0.25) is 0 Å². The number of carbonyl (C=O) groups is 2. The molecule has 0 heterocycles. The second-order valence-corrected chi connectivity index (χ2v) is 5.85. The average molecular weight is 310 g/mol. The third-order valence-corrected chi connectivity index (χ3v) is 4.06. The Bertz CT molecular complexity index is 579. The van der Waals surface area contributed by atoms with Gasteiger partial charge in [0.05, 0.1) is 0 Å². The summed E-state index contributed by atoms with van der Waals surface area (Å²) in [7, 11) is 1.76. The van der Waals surface area contributed by atoms with E-state index in [0.717, 1.165) is 12.5 Å². The van der Waals surface area contributed by atoms with E-state index < -0.39 is 5.97 Å². The Hall–Kier alpha value is -1.81. The van der Waals surface area contributed by atoms with Crippen LogP contribution < -0.4 is 0 Å². The molecule has 0 bridgehead atoms. The molecule has 1 rings (SSSR count). The highest BCUT2D eigenvalue weighted by Gasteiger charge is 2.26. The van der Waals surface area contributed by atoms with Gasteiger partial charge < -0.3 is 10.0 Å². The number of carboxylic acid groups (broad SMARTS) is 1. The SMILES string of the molecule is CCC(C)(C)N(C)C(=O)c1ccc(/C=C/C(=O)O)c(Cl)c1. The first-order valence-electron chi connectivity index (χ1n) is 6.67. The molecule has 21 heavy (non-hydrogen) atoms. The summed E-state index contributed by atoms with van der Waals surface area (Å²) in [5.74, 6) is -1.16. The summed E-state index contributed by atoms with van der Waals surface area (Å²) >= 11 is 6.09. The van der Waals surface area contributed by atoms with Crippen LogP contribution in [0.15, 0.2) is 24.3 Å². The maximum Gasteiger partial charge on any atom is 0.328 e. The number of rotatable bonds is 5. The van der Waals surface area contributed by atoms with E-state index in [1.54, 1.807) is 30.1 Å². The van der Waals surface area contributed by atoms with Crippen LogP contribution in [0, 0.1) is 0 Å². The Labute approximate surface area is 130 Å². The zero-order valence-corrected chi connectivity index (χ0v) is 13.4. The van der Waals surface area contributed by atoms with Gasteiger partial charge in [0, 0.05) is 29.2 Å². The Morgan fingerprint density at radius 1 is 1.38 bits per heavy atom. The number of carboxylic acids is 1. The molecule has 1 amide bonds. The third-order valence-electron chi connectivity index (χ3n) is 3.73. The molecule has 0 aliphatic rings. The van der Waals surface area contributed by atoms with Gasteiger partial charge in [-0.25, -0.2) is 4.79 Å². The monoisotopic (exact) mass is 309 g/mol. The first-order valence-corrected chi connectivity index (χ1v) is 7.05. The summed E-state index contributed by atoms with van der Waals surface area (Å²) in [5.41, 5.74) is 0.801. The number of halogens is 1. The van der Waals surface area contributed by atoms with E-state index in [9.17, 15) is 9.59 Å². The highest BCUT2D eigenvalue weighted by Crippen LogP contribution is 2.23. The van der Waals surface area contributed by atoms with Crippen LogP contribution >= 0.6 is 11.6 Å². The van der Waals surface area contributed by atoms with Gasteiger partial charge in [0.25, 0.3) is 5.91 Å². The van der Waals surface area contributed by atoms with Crippen LogP contribution in [0.1, 0.15) is 43.1 Å². The van der Waals surface area contributed by atoms with Crippen molar-refractivity contribution in [2.75, 3.05) is 7.05 Å². The first kappa shape index (κ1) is 17.2. The van der Waals surface area contributed by atoms with Crippen molar-refractivity contribution < 1.29 is 14.7 Å². The second-order valence-electron chi connectivity index (χ2n) is 5.44. The maximum atomic E-state index is 12.4. The molecular weight excluding hydrogens is 290 g/mol. The summed E-state index contributed by atoms with van der Waals surface area (Å²) in [5, 5.41) is 8.96. The van der Waals surface area contributed by atoms with Gasteiger partial charge in [-0.1, -0.05) is 24.6 Å². The van der Waals surface area contributed by atoms with E-state index in [1.165, 1.54) is 6.08 Å². The van der Waals surface area contributed by atoms with E-state index in [2.05, 4.69) is 0 Å². The lowest BCUT2D eigenvalue weighted by atomic mass is 9.98. The van der Waals surface area contributed by atoms with Crippen LogP contribution in [0.4, 0.5) is 0 Å². The lowest BCUT2D eigenvalue weighted by Gasteiger charge is -2.35.